The van der Waals surface area contributed by atoms with Crippen LogP contribution in [0.15, 0.2) is 53.4 Å². The molecular formula is C19H22ClN3O6S2. The van der Waals surface area contributed by atoms with Gasteiger partial charge in [0.2, 0.25) is 26.0 Å². The number of benzene rings is 2. The summed E-state index contributed by atoms with van der Waals surface area (Å²) in [6, 6.07) is 11.9. The molecule has 9 nitrogen and oxygen atoms in total. The molecule has 0 bridgehead atoms. The summed E-state index contributed by atoms with van der Waals surface area (Å²) >= 11 is 5.94. The molecule has 1 fully saturated rings. The van der Waals surface area contributed by atoms with Crippen molar-refractivity contribution in [1.29, 1.82) is 0 Å². The van der Waals surface area contributed by atoms with Crippen molar-refractivity contribution in [3.8, 4) is 0 Å². The van der Waals surface area contributed by atoms with E-state index in [1.165, 1.54) is 40.7 Å². The molecule has 1 amide bonds. The fraction of sp³-hybridized carbons (Fsp3) is 0.316. The second-order valence-corrected chi connectivity index (χ2v) is 11.1. The van der Waals surface area contributed by atoms with E-state index >= 15 is 0 Å². The van der Waals surface area contributed by atoms with Crippen molar-refractivity contribution in [2.75, 3.05) is 48.7 Å². The van der Waals surface area contributed by atoms with E-state index in [1.807, 2.05) is 0 Å². The molecule has 0 aromatic heterocycles. The van der Waals surface area contributed by atoms with Crippen molar-refractivity contribution in [2.45, 2.75) is 4.90 Å². The van der Waals surface area contributed by atoms with Gasteiger partial charge in [-0.3, -0.25) is 9.10 Å². The number of nitrogens with zero attached hydrogens (tertiary/aromatic N) is 2. The number of nitrogens with one attached hydrogen (secondary N) is 1. The Bertz CT molecular complexity index is 1160. The van der Waals surface area contributed by atoms with Gasteiger partial charge in [-0.05, 0) is 36.4 Å². The van der Waals surface area contributed by atoms with E-state index in [4.69, 9.17) is 16.3 Å². The minimum Gasteiger partial charge on any atom is -0.379 e. The van der Waals surface area contributed by atoms with Crippen molar-refractivity contribution in [3.63, 3.8) is 0 Å². The minimum atomic E-state index is -3.77. The first-order valence-corrected chi connectivity index (χ1v) is 12.9. The van der Waals surface area contributed by atoms with E-state index in [0.717, 1.165) is 10.6 Å². The standard InChI is InChI=1S/C19H22ClN3O6S2/c1-30(25,26)23(17-6-2-4-15(20)12-17)14-19(24)21-16-5-3-7-18(13-16)31(27,28)22-8-10-29-11-9-22/h2-7,12-13H,8-11,14H2,1H3,(H,21,24). The third kappa shape index (κ3) is 5.95. The third-order valence-corrected chi connectivity index (χ3v) is 7.78. The molecule has 0 atom stereocenters. The highest BCUT2D eigenvalue weighted by molar-refractivity contribution is 7.92. The fourth-order valence-corrected chi connectivity index (χ4v) is 5.52. The number of halogens is 1. The predicted molar refractivity (Wildman–Crippen MR) is 118 cm³/mol. The Kier molecular flexibility index (Phi) is 7.22. The van der Waals surface area contributed by atoms with Crippen LogP contribution < -0.4 is 9.62 Å². The highest BCUT2D eigenvalue weighted by atomic mass is 35.5. The van der Waals surface area contributed by atoms with E-state index in [9.17, 15) is 21.6 Å². The van der Waals surface area contributed by atoms with Crippen molar-refractivity contribution in [2.24, 2.45) is 0 Å². The van der Waals surface area contributed by atoms with Crippen LogP contribution in [0.3, 0.4) is 0 Å². The lowest BCUT2D eigenvalue weighted by Crippen LogP contribution is -2.40. The second kappa shape index (κ2) is 9.53. The van der Waals surface area contributed by atoms with Crippen LogP contribution in [0, 0.1) is 0 Å². The Morgan fingerprint density at radius 3 is 2.42 bits per heavy atom. The molecule has 12 heteroatoms. The van der Waals surface area contributed by atoms with Crippen LogP contribution in [0.25, 0.3) is 0 Å². The molecule has 0 unspecified atom stereocenters. The number of morpholine rings is 1. The molecule has 0 radical (unpaired) electrons. The maximum Gasteiger partial charge on any atom is 0.245 e. The number of ether oxygens (including phenoxy) is 1. The molecule has 168 valence electrons. The van der Waals surface area contributed by atoms with E-state index in [-0.39, 0.29) is 29.4 Å². The van der Waals surface area contributed by atoms with Gasteiger partial charge in [-0.15, -0.1) is 0 Å². The Hall–Kier alpha value is -2.18. The van der Waals surface area contributed by atoms with Crippen molar-refractivity contribution < 1.29 is 26.4 Å². The van der Waals surface area contributed by atoms with Crippen LogP contribution in [0.5, 0.6) is 0 Å². The summed E-state index contributed by atoms with van der Waals surface area (Å²) in [5, 5.41) is 2.89. The molecule has 1 aliphatic rings. The number of carbonyl (C=O) groups is 1. The third-order valence-electron chi connectivity index (χ3n) is 4.51. The lowest BCUT2D eigenvalue weighted by molar-refractivity contribution is -0.114. The van der Waals surface area contributed by atoms with Gasteiger partial charge in [-0.25, -0.2) is 16.8 Å². The molecule has 1 saturated heterocycles. The highest BCUT2D eigenvalue weighted by Gasteiger charge is 2.27. The Balaban J connectivity index is 1.77. The molecular weight excluding hydrogens is 466 g/mol. The van der Waals surface area contributed by atoms with Gasteiger partial charge in [0.15, 0.2) is 0 Å². The van der Waals surface area contributed by atoms with E-state index in [0.29, 0.717) is 18.2 Å². The topological polar surface area (TPSA) is 113 Å². The monoisotopic (exact) mass is 487 g/mol. The number of rotatable bonds is 7. The summed E-state index contributed by atoms with van der Waals surface area (Å²) in [6.45, 7) is 0.643. The molecule has 1 N–H and O–H groups in total. The van der Waals surface area contributed by atoms with Gasteiger partial charge in [0.05, 0.1) is 30.1 Å². The van der Waals surface area contributed by atoms with Crippen LogP contribution >= 0.6 is 11.6 Å². The summed E-state index contributed by atoms with van der Waals surface area (Å²) in [7, 11) is -7.50. The molecule has 3 rings (SSSR count). The summed E-state index contributed by atoms with van der Waals surface area (Å²) in [5.41, 5.74) is 0.479. The van der Waals surface area contributed by atoms with Crippen LogP contribution in [-0.2, 0) is 29.6 Å². The van der Waals surface area contributed by atoms with E-state index in [1.54, 1.807) is 12.1 Å². The van der Waals surface area contributed by atoms with E-state index in [2.05, 4.69) is 5.32 Å². The maximum absolute atomic E-state index is 12.8. The first kappa shape index (κ1) is 23.5. The van der Waals surface area contributed by atoms with Crippen molar-refractivity contribution in [3.05, 3.63) is 53.6 Å². The zero-order valence-corrected chi connectivity index (χ0v) is 19.1. The first-order chi connectivity index (χ1) is 14.6. The summed E-state index contributed by atoms with van der Waals surface area (Å²) in [6.07, 6.45) is 0.983. The van der Waals surface area contributed by atoms with Crippen LogP contribution in [0.1, 0.15) is 0 Å². The largest absolute Gasteiger partial charge is 0.379 e. The average Bonchev–Trinajstić information content (AvgIpc) is 2.72. The van der Waals surface area contributed by atoms with E-state index < -0.39 is 32.5 Å². The van der Waals surface area contributed by atoms with Gasteiger partial charge >= 0.3 is 0 Å². The predicted octanol–water partition coefficient (Wildman–Crippen LogP) is 1.77. The Morgan fingerprint density at radius 2 is 1.77 bits per heavy atom. The molecule has 1 heterocycles. The van der Waals surface area contributed by atoms with Crippen molar-refractivity contribution >= 4 is 48.9 Å². The van der Waals surface area contributed by atoms with Crippen LogP contribution in [0.2, 0.25) is 5.02 Å². The number of hydrogen-bond acceptors (Lipinski definition) is 6. The summed E-state index contributed by atoms with van der Waals surface area (Å²) in [4.78, 5) is 12.6. The number of carbonyl (C=O) groups excluding carboxylic acids is 1. The van der Waals surface area contributed by atoms with Crippen molar-refractivity contribution in [1.82, 2.24) is 4.31 Å². The molecule has 0 spiro atoms. The van der Waals surface area contributed by atoms with Gasteiger partial charge in [0.25, 0.3) is 0 Å². The molecule has 1 aliphatic heterocycles. The SMILES string of the molecule is CS(=O)(=O)N(CC(=O)Nc1cccc(S(=O)(=O)N2CCOCC2)c1)c1cccc(Cl)c1. The van der Waals surface area contributed by atoms with Gasteiger partial charge in [-0.2, -0.15) is 4.31 Å². The molecule has 0 saturated carbocycles. The minimum absolute atomic E-state index is 0.0296. The lowest BCUT2D eigenvalue weighted by atomic mass is 10.3. The maximum atomic E-state index is 12.8. The zero-order chi connectivity index (χ0) is 22.6. The smallest absolute Gasteiger partial charge is 0.245 e. The molecule has 0 aliphatic carbocycles. The number of hydrogen-bond donors (Lipinski definition) is 1. The lowest BCUT2D eigenvalue weighted by Gasteiger charge is -2.26. The second-order valence-electron chi connectivity index (χ2n) is 6.84. The zero-order valence-electron chi connectivity index (χ0n) is 16.7. The summed E-state index contributed by atoms with van der Waals surface area (Å²) < 4.78 is 57.4. The first-order valence-electron chi connectivity index (χ1n) is 9.28. The van der Waals surface area contributed by atoms with Gasteiger partial charge in [0, 0.05) is 23.8 Å². The quantitative estimate of drug-likeness (QED) is 0.636. The average molecular weight is 488 g/mol. The molecule has 2 aromatic rings. The highest BCUT2D eigenvalue weighted by Crippen LogP contribution is 2.23. The Labute approximate surface area is 186 Å². The Morgan fingerprint density at radius 1 is 1.10 bits per heavy atom. The fourth-order valence-electron chi connectivity index (χ4n) is 3.03. The molecule has 2 aromatic carbocycles. The van der Waals surface area contributed by atoms with Gasteiger partial charge < -0.3 is 10.1 Å². The van der Waals surface area contributed by atoms with Gasteiger partial charge in [0.1, 0.15) is 6.54 Å². The number of anilines is 2. The number of sulfonamides is 2. The molecule has 31 heavy (non-hydrogen) atoms. The normalized spacial score (nSPS) is 15.4. The van der Waals surface area contributed by atoms with Crippen LogP contribution in [-0.4, -0.2) is 66.2 Å². The summed E-state index contributed by atoms with van der Waals surface area (Å²) in [5.74, 6) is -0.633. The number of amides is 1. The van der Waals surface area contributed by atoms with Crippen LogP contribution in [0.4, 0.5) is 11.4 Å². The van der Waals surface area contributed by atoms with Gasteiger partial charge in [-0.1, -0.05) is 23.7 Å².